The van der Waals surface area contributed by atoms with Gasteiger partial charge in [0.05, 0.1) is 12.0 Å². The monoisotopic (exact) mass is 235 g/mol. The molecule has 0 unspecified atom stereocenters. The third kappa shape index (κ3) is 2.10. The van der Waals surface area contributed by atoms with Crippen molar-refractivity contribution in [1.29, 1.82) is 0 Å². The van der Waals surface area contributed by atoms with Crippen molar-refractivity contribution in [2.24, 2.45) is 12.8 Å². The fourth-order valence-corrected chi connectivity index (χ4v) is 1.95. The number of nitrogens with zero attached hydrogens (tertiary/aromatic N) is 2. The highest BCUT2D eigenvalue weighted by atomic mass is 35.5. The Kier molecular flexibility index (Phi) is 3.27. The second-order valence-electron chi connectivity index (χ2n) is 3.70. The molecule has 3 nitrogen and oxygen atoms in total. The zero-order valence-electron chi connectivity index (χ0n) is 9.15. The Bertz CT molecular complexity index is 491. The molecule has 0 aliphatic carbocycles. The Morgan fingerprint density at radius 3 is 2.94 bits per heavy atom. The summed E-state index contributed by atoms with van der Waals surface area (Å²) in [6, 6.07) is 7.72. The van der Waals surface area contributed by atoms with Crippen molar-refractivity contribution in [3.8, 4) is 11.3 Å². The first kappa shape index (κ1) is 11.2. The largest absolute Gasteiger partial charge is 0.337 e. The van der Waals surface area contributed by atoms with Crippen LogP contribution in [0, 0.1) is 0 Å². The van der Waals surface area contributed by atoms with E-state index in [1.807, 2.05) is 35.9 Å². The fourth-order valence-electron chi connectivity index (χ4n) is 1.76. The van der Waals surface area contributed by atoms with Gasteiger partial charge in [-0.25, -0.2) is 4.98 Å². The number of rotatable bonds is 3. The number of benzene rings is 1. The minimum absolute atomic E-state index is 0.618. The highest BCUT2D eigenvalue weighted by Crippen LogP contribution is 2.24. The highest BCUT2D eigenvalue weighted by molar-refractivity contribution is 6.30. The van der Waals surface area contributed by atoms with Gasteiger partial charge >= 0.3 is 0 Å². The molecule has 0 atom stereocenters. The van der Waals surface area contributed by atoms with Gasteiger partial charge in [0.15, 0.2) is 0 Å². The summed E-state index contributed by atoms with van der Waals surface area (Å²) in [6.45, 7) is 0.618. The Hall–Kier alpha value is -1.32. The van der Waals surface area contributed by atoms with Crippen molar-refractivity contribution in [2.45, 2.75) is 6.42 Å². The van der Waals surface area contributed by atoms with Gasteiger partial charge in [-0.1, -0.05) is 23.7 Å². The van der Waals surface area contributed by atoms with Crippen molar-refractivity contribution >= 4 is 11.6 Å². The lowest BCUT2D eigenvalue weighted by molar-refractivity contribution is 0.805. The van der Waals surface area contributed by atoms with E-state index in [1.54, 1.807) is 6.33 Å². The summed E-state index contributed by atoms with van der Waals surface area (Å²) in [5.74, 6) is 0. The third-order valence-corrected chi connectivity index (χ3v) is 2.77. The van der Waals surface area contributed by atoms with Crippen LogP contribution in [0.15, 0.2) is 30.6 Å². The molecule has 0 amide bonds. The van der Waals surface area contributed by atoms with Crippen LogP contribution in [0.3, 0.4) is 0 Å². The van der Waals surface area contributed by atoms with Gasteiger partial charge in [-0.15, -0.1) is 0 Å². The third-order valence-electron chi connectivity index (χ3n) is 2.54. The molecule has 2 aromatic rings. The Morgan fingerprint density at radius 1 is 1.44 bits per heavy atom. The van der Waals surface area contributed by atoms with E-state index in [0.29, 0.717) is 6.54 Å². The first-order valence-electron chi connectivity index (χ1n) is 5.18. The first-order valence-corrected chi connectivity index (χ1v) is 5.56. The average Bonchev–Trinajstić information content (AvgIpc) is 2.61. The molecule has 4 heteroatoms. The van der Waals surface area contributed by atoms with Crippen LogP contribution in [0.1, 0.15) is 5.69 Å². The smallest absolute Gasteiger partial charge is 0.0953 e. The Labute approximate surface area is 99.9 Å². The minimum Gasteiger partial charge on any atom is -0.337 e. The van der Waals surface area contributed by atoms with Crippen LogP contribution in [-0.4, -0.2) is 16.1 Å². The van der Waals surface area contributed by atoms with Gasteiger partial charge in [-0.05, 0) is 18.7 Å². The molecule has 0 saturated carbocycles. The first-order chi connectivity index (χ1) is 7.72. The second-order valence-corrected chi connectivity index (χ2v) is 4.14. The SMILES string of the molecule is Cn1cnc(-c2cccc(Cl)c2)c1CCN. The van der Waals surface area contributed by atoms with Crippen molar-refractivity contribution in [3.05, 3.63) is 41.3 Å². The molecule has 1 heterocycles. The summed E-state index contributed by atoms with van der Waals surface area (Å²) in [4.78, 5) is 4.39. The molecule has 0 saturated heterocycles. The lowest BCUT2D eigenvalue weighted by Crippen LogP contribution is -2.07. The maximum Gasteiger partial charge on any atom is 0.0953 e. The molecule has 0 fully saturated rings. The molecular weight excluding hydrogens is 222 g/mol. The average molecular weight is 236 g/mol. The number of hydrogen-bond donors (Lipinski definition) is 1. The molecule has 0 aliphatic heterocycles. The van der Waals surface area contributed by atoms with Crippen LogP contribution in [0.5, 0.6) is 0 Å². The predicted molar refractivity (Wildman–Crippen MR) is 66.4 cm³/mol. The summed E-state index contributed by atoms with van der Waals surface area (Å²) in [6.07, 6.45) is 2.62. The maximum atomic E-state index is 5.97. The van der Waals surface area contributed by atoms with E-state index in [4.69, 9.17) is 17.3 Å². The lowest BCUT2D eigenvalue weighted by Gasteiger charge is -2.05. The molecule has 1 aromatic heterocycles. The van der Waals surface area contributed by atoms with Crippen LogP contribution in [0.2, 0.25) is 5.02 Å². The van der Waals surface area contributed by atoms with Gasteiger partial charge in [0, 0.05) is 29.7 Å². The summed E-state index contributed by atoms with van der Waals surface area (Å²) in [5.41, 5.74) is 8.75. The fraction of sp³-hybridized carbons (Fsp3) is 0.250. The number of hydrogen-bond acceptors (Lipinski definition) is 2. The molecule has 2 rings (SSSR count). The van der Waals surface area contributed by atoms with Crippen LogP contribution in [-0.2, 0) is 13.5 Å². The number of aromatic nitrogens is 2. The van der Waals surface area contributed by atoms with E-state index in [-0.39, 0.29) is 0 Å². The van der Waals surface area contributed by atoms with Gasteiger partial charge in [-0.3, -0.25) is 0 Å². The Balaban J connectivity index is 2.47. The zero-order valence-corrected chi connectivity index (χ0v) is 9.91. The highest BCUT2D eigenvalue weighted by Gasteiger charge is 2.10. The van der Waals surface area contributed by atoms with Crippen molar-refractivity contribution in [3.63, 3.8) is 0 Å². The number of imidazole rings is 1. The lowest BCUT2D eigenvalue weighted by atomic mass is 10.1. The molecule has 84 valence electrons. The topological polar surface area (TPSA) is 43.8 Å². The summed E-state index contributed by atoms with van der Waals surface area (Å²) >= 11 is 5.97. The van der Waals surface area contributed by atoms with E-state index in [2.05, 4.69) is 4.98 Å². The van der Waals surface area contributed by atoms with Gasteiger partial charge < -0.3 is 10.3 Å². The van der Waals surface area contributed by atoms with E-state index in [9.17, 15) is 0 Å². The number of halogens is 1. The van der Waals surface area contributed by atoms with Crippen LogP contribution in [0.4, 0.5) is 0 Å². The summed E-state index contributed by atoms with van der Waals surface area (Å²) < 4.78 is 2.00. The predicted octanol–water partition coefficient (Wildman–Crippen LogP) is 2.24. The van der Waals surface area contributed by atoms with Gasteiger partial charge in [0.1, 0.15) is 0 Å². The van der Waals surface area contributed by atoms with E-state index in [0.717, 1.165) is 28.4 Å². The molecule has 0 spiro atoms. The number of aryl methyl sites for hydroxylation is 1. The second kappa shape index (κ2) is 4.68. The molecule has 0 aliphatic rings. The van der Waals surface area contributed by atoms with Crippen LogP contribution >= 0.6 is 11.6 Å². The standard InChI is InChI=1S/C12H14ClN3/c1-16-8-15-12(11(16)5-6-14)9-3-2-4-10(13)7-9/h2-4,7-8H,5-6,14H2,1H3. The van der Waals surface area contributed by atoms with Gasteiger partial charge in [-0.2, -0.15) is 0 Å². The van der Waals surface area contributed by atoms with E-state index in [1.165, 1.54) is 0 Å². The van der Waals surface area contributed by atoms with Crippen LogP contribution < -0.4 is 5.73 Å². The molecule has 0 radical (unpaired) electrons. The minimum atomic E-state index is 0.618. The van der Waals surface area contributed by atoms with E-state index >= 15 is 0 Å². The van der Waals surface area contributed by atoms with Crippen LogP contribution in [0.25, 0.3) is 11.3 Å². The molecule has 2 N–H and O–H groups in total. The summed E-state index contributed by atoms with van der Waals surface area (Å²) in [7, 11) is 1.98. The Morgan fingerprint density at radius 2 is 2.25 bits per heavy atom. The summed E-state index contributed by atoms with van der Waals surface area (Å²) in [5, 5.41) is 0.724. The molecule has 1 aromatic carbocycles. The zero-order chi connectivity index (χ0) is 11.5. The molecular formula is C12H14ClN3. The van der Waals surface area contributed by atoms with Gasteiger partial charge in [0.25, 0.3) is 0 Å². The van der Waals surface area contributed by atoms with Gasteiger partial charge in [0.2, 0.25) is 0 Å². The molecule has 16 heavy (non-hydrogen) atoms. The van der Waals surface area contributed by atoms with Crippen molar-refractivity contribution < 1.29 is 0 Å². The quantitative estimate of drug-likeness (QED) is 0.887. The normalized spacial score (nSPS) is 10.7. The van der Waals surface area contributed by atoms with Crippen molar-refractivity contribution in [1.82, 2.24) is 9.55 Å². The molecule has 0 bridgehead atoms. The van der Waals surface area contributed by atoms with Crippen molar-refractivity contribution in [2.75, 3.05) is 6.54 Å². The number of nitrogens with two attached hydrogens (primary N) is 1. The maximum absolute atomic E-state index is 5.97. The van der Waals surface area contributed by atoms with E-state index < -0.39 is 0 Å².